The Labute approximate surface area is 138 Å². The van der Waals surface area contributed by atoms with Crippen LogP contribution in [0.4, 0.5) is 10.5 Å². The first-order valence-corrected chi connectivity index (χ1v) is 9.51. The van der Waals surface area contributed by atoms with Gasteiger partial charge < -0.3 is 15.4 Å². The van der Waals surface area contributed by atoms with Crippen LogP contribution in [0.25, 0.3) is 0 Å². The van der Waals surface area contributed by atoms with Crippen molar-refractivity contribution in [2.75, 3.05) is 17.3 Å². The van der Waals surface area contributed by atoms with Crippen LogP contribution in [0, 0.1) is 0 Å². The molecular weight excluding hydrogens is 316 g/mol. The molecule has 0 spiro atoms. The normalized spacial score (nSPS) is 13.3. The van der Waals surface area contributed by atoms with Gasteiger partial charge >= 0.3 is 6.09 Å². The fourth-order valence-corrected chi connectivity index (χ4v) is 3.03. The summed E-state index contributed by atoms with van der Waals surface area (Å²) in [6, 6.07) is 7.26. The van der Waals surface area contributed by atoms with Crippen LogP contribution in [0.1, 0.15) is 33.3 Å². The van der Waals surface area contributed by atoms with Crippen LogP contribution >= 0.6 is 0 Å². The van der Waals surface area contributed by atoms with E-state index in [9.17, 15) is 13.2 Å². The topological polar surface area (TPSA) is 84.5 Å². The highest BCUT2D eigenvalue weighted by Crippen LogP contribution is 2.13. The van der Waals surface area contributed by atoms with E-state index in [-0.39, 0.29) is 11.8 Å². The molecule has 0 aliphatic heterocycles. The largest absolute Gasteiger partial charge is 0.444 e. The van der Waals surface area contributed by atoms with E-state index in [4.69, 9.17) is 4.74 Å². The molecule has 23 heavy (non-hydrogen) atoms. The number of hydrogen-bond acceptors (Lipinski definition) is 5. The molecule has 1 aromatic rings. The van der Waals surface area contributed by atoms with Gasteiger partial charge in [-0.1, -0.05) is 12.1 Å². The lowest BCUT2D eigenvalue weighted by Gasteiger charge is -2.20. The monoisotopic (exact) mass is 342 g/mol. The molecule has 0 saturated carbocycles. The fraction of sp³-hybridized carbons (Fsp3) is 0.562. The van der Waals surface area contributed by atoms with Crippen LogP contribution in [0.5, 0.6) is 0 Å². The van der Waals surface area contributed by atoms with Gasteiger partial charge in [-0.25, -0.2) is 13.2 Å². The molecule has 130 valence electrons. The Bertz CT molecular complexity index is 636. The number of carbonyl (C=O) groups is 1. The molecule has 0 aliphatic carbocycles. The third-order valence-electron chi connectivity index (χ3n) is 2.73. The van der Waals surface area contributed by atoms with Crippen molar-refractivity contribution in [2.45, 2.75) is 45.9 Å². The Kier molecular flexibility index (Phi) is 6.44. The summed E-state index contributed by atoms with van der Waals surface area (Å²) >= 11 is 0. The molecule has 0 aliphatic rings. The molecule has 2 N–H and O–H groups in total. The van der Waals surface area contributed by atoms with Crippen molar-refractivity contribution in [3.63, 3.8) is 0 Å². The molecule has 0 heterocycles. The van der Waals surface area contributed by atoms with Gasteiger partial charge in [-0.3, -0.25) is 0 Å². The van der Waals surface area contributed by atoms with Gasteiger partial charge in [0.2, 0.25) is 0 Å². The van der Waals surface area contributed by atoms with Gasteiger partial charge in [0.1, 0.15) is 15.4 Å². The molecule has 1 amide bonds. The van der Waals surface area contributed by atoms with Gasteiger partial charge in [0, 0.05) is 24.5 Å². The molecule has 1 unspecified atom stereocenters. The molecule has 1 aromatic carbocycles. The third kappa shape index (κ3) is 9.07. The Balaban J connectivity index is 2.58. The molecule has 0 saturated heterocycles. The number of carbonyl (C=O) groups excluding carboxylic acids is 1. The molecular formula is C16H26N2O4S. The van der Waals surface area contributed by atoms with Crippen molar-refractivity contribution in [3.8, 4) is 0 Å². The van der Waals surface area contributed by atoms with E-state index >= 15 is 0 Å². The van der Waals surface area contributed by atoms with E-state index in [1.807, 2.05) is 31.2 Å². The van der Waals surface area contributed by atoms with E-state index in [1.165, 1.54) is 6.26 Å². The second kappa shape index (κ2) is 7.68. The summed E-state index contributed by atoms with van der Waals surface area (Å²) in [4.78, 5) is 11.6. The summed E-state index contributed by atoms with van der Waals surface area (Å²) in [6.45, 7) is 7.57. The number of rotatable bonds is 6. The highest BCUT2D eigenvalue weighted by molar-refractivity contribution is 7.90. The highest BCUT2D eigenvalue weighted by atomic mass is 32.2. The molecule has 0 aromatic heterocycles. The number of benzene rings is 1. The van der Waals surface area contributed by atoms with Crippen LogP contribution in [0.15, 0.2) is 24.3 Å². The van der Waals surface area contributed by atoms with Crippen LogP contribution in [-0.2, 0) is 21.1 Å². The predicted octanol–water partition coefficient (Wildman–Crippen LogP) is 2.56. The number of hydrogen-bond donors (Lipinski definition) is 2. The van der Waals surface area contributed by atoms with Crippen LogP contribution < -0.4 is 10.6 Å². The van der Waals surface area contributed by atoms with E-state index in [0.717, 1.165) is 11.3 Å². The van der Waals surface area contributed by atoms with Gasteiger partial charge in [0.15, 0.2) is 0 Å². The Morgan fingerprint density at radius 3 is 2.52 bits per heavy atom. The van der Waals surface area contributed by atoms with Crippen LogP contribution in [-0.4, -0.2) is 38.2 Å². The average Bonchev–Trinajstić information content (AvgIpc) is 2.32. The van der Waals surface area contributed by atoms with Crippen molar-refractivity contribution in [1.82, 2.24) is 5.32 Å². The minimum atomic E-state index is -3.03. The maximum absolute atomic E-state index is 11.6. The summed E-state index contributed by atoms with van der Waals surface area (Å²) in [5.41, 5.74) is 1.17. The van der Waals surface area contributed by atoms with Gasteiger partial charge in [-0.15, -0.1) is 0 Å². The van der Waals surface area contributed by atoms with Gasteiger partial charge in [-0.05, 0) is 45.4 Å². The quantitative estimate of drug-likeness (QED) is 0.830. The van der Waals surface area contributed by atoms with E-state index < -0.39 is 21.5 Å². The summed E-state index contributed by atoms with van der Waals surface area (Å²) in [5.74, 6) is 0.0629. The number of sulfone groups is 1. The number of nitrogens with one attached hydrogen (secondary N) is 2. The second-order valence-electron chi connectivity index (χ2n) is 6.69. The lowest BCUT2D eigenvalue weighted by atomic mass is 10.2. The van der Waals surface area contributed by atoms with E-state index in [2.05, 4.69) is 10.6 Å². The SMILES string of the molecule is CC(CS(C)(=O)=O)Nc1cccc(CNC(=O)OC(C)(C)C)c1. The first-order chi connectivity index (χ1) is 10.4. The first-order valence-electron chi connectivity index (χ1n) is 7.45. The molecule has 6 nitrogen and oxygen atoms in total. The predicted molar refractivity (Wildman–Crippen MR) is 92.3 cm³/mol. The van der Waals surface area contributed by atoms with Crippen LogP contribution in [0.2, 0.25) is 0 Å². The van der Waals surface area contributed by atoms with Crippen molar-refractivity contribution in [3.05, 3.63) is 29.8 Å². The molecule has 0 bridgehead atoms. The molecule has 0 radical (unpaired) electrons. The molecule has 0 fully saturated rings. The zero-order valence-electron chi connectivity index (χ0n) is 14.3. The summed E-state index contributed by atoms with van der Waals surface area (Å²) in [7, 11) is -3.03. The van der Waals surface area contributed by atoms with Gasteiger partial charge in [-0.2, -0.15) is 0 Å². The lowest BCUT2D eigenvalue weighted by molar-refractivity contribution is 0.0523. The summed E-state index contributed by atoms with van der Waals surface area (Å²) < 4.78 is 27.8. The van der Waals surface area contributed by atoms with Crippen molar-refractivity contribution in [2.24, 2.45) is 0 Å². The first kappa shape index (κ1) is 19.3. The van der Waals surface area contributed by atoms with Gasteiger partial charge in [0.05, 0.1) is 5.75 Å². The number of anilines is 1. The Hall–Kier alpha value is -1.76. The molecule has 7 heteroatoms. The molecule has 1 rings (SSSR count). The van der Waals surface area contributed by atoms with Crippen LogP contribution in [0.3, 0.4) is 0 Å². The minimum absolute atomic E-state index is 0.0629. The van der Waals surface area contributed by atoms with E-state index in [0.29, 0.717) is 6.54 Å². The minimum Gasteiger partial charge on any atom is -0.444 e. The Morgan fingerprint density at radius 1 is 1.30 bits per heavy atom. The zero-order chi connectivity index (χ0) is 17.7. The second-order valence-corrected chi connectivity index (χ2v) is 8.88. The Morgan fingerprint density at radius 2 is 1.96 bits per heavy atom. The maximum atomic E-state index is 11.6. The standard InChI is InChI=1S/C16H26N2O4S/c1-12(11-23(5,20)21)18-14-8-6-7-13(9-14)10-17-15(19)22-16(2,3)4/h6-9,12,18H,10-11H2,1-5H3,(H,17,19). The maximum Gasteiger partial charge on any atom is 0.407 e. The highest BCUT2D eigenvalue weighted by Gasteiger charge is 2.15. The molecule has 1 atom stereocenters. The number of amides is 1. The lowest BCUT2D eigenvalue weighted by Crippen LogP contribution is -2.32. The zero-order valence-corrected chi connectivity index (χ0v) is 15.2. The average molecular weight is 342 g/mol. The van der Waals surface area contributed by atoms with Crippen molar-refractivity contribution >= 4 is 21.6 Å². The van der Waals surface area contributed by atoms with Crippen molar-refractivity contribution in [1.29, 1.82) is 0 Å². The number of alkyl carbamates (subject to hydrolysis) is 1. The fourth-order valence-electron chi connectivity index (χ4n) is 2.04. The number of ether oxygens (including phenoxy) is 1. The van der Waals surface area contributed by atoms with Crippen molar-refractivity contribution < 1.29 is 17.9 Å². The summed E-state index contributed by atoms with van der Waals surface area (Å²) in [6.07, 6.45) is 0.744. The van der Waals surface area contributed by atoms with Gasteiger partial charge in [0.25, 0.3) is 0 Å². The van der Waals surface area contributed by atoms with E-state index in [1.54, 1.807) is 20.8 Å². The smallest absolute Gasteiger partial charge is 0.407 e. The summed E-state index contributed by atoms with van der Waals surface area (Å²) in [5, 5.41) is 5.83. The third-order valence-corrected chi connectivity index (χ3v) is 3.83.